The van der Waals surface area contributed by atoms with E-state index in [-0.39, 0.29) is 0 Å². The molecule has 106 valence electrons. The lowest BCUT2D eigenvalue weighted by molar-refractivity contribution is -0.153. The first-order valence-electron chi connectivity index (χ1n) is 6.95. The smallest absolute Gasteiger partial charge is 0.310 e. The summed E-state index contributed by atoms with van der Waals surface area (Å²) < 4.78 is 0. The number of carboxylic acid groups (broad SMARTS) is 1. The molecule has 2 N–H and O–H groups in total. The number of nitrogens with one attached hydrogen (secondary N) is 1. The third kappa shape index (κ3) is 2.94. The molecule has 1 unspecified atom stereocenters. The van der Waals surface area contributed by atoms with E-state index in [2.05, 4.69) is 20.1 Å². The largest absolute Gasteiger partial charge is 0.481 e. The molecule has 2 heterocycles. The van der Waals surface area contributed by atoms with Crippen LogP contribution in [0.2, 0.25) is 0 Å². The molecule has 0 spiro atoms. The molecule has 0 saturated carbocycles. The summed E-state index contributed by atoms with van der Waals surface area (Å²) in [5, 5.41) is 16.5. The van der Waals surface area contributed by atoms with Crippen LogP contribution in [0.5, 0.6) is 0 Å². The van der Waals surface area contributed by atoms with Gasteiger partial charge >= 0.3 is 5.97 Å². The van der Waals surface area contributed by atoms with E-state index < -0.39 is 11.4 Å². The molecule has 0 aromatic carbocycles. The molecule has 6 nitrogen and oxygen atoms in total. The number of H-pyrrole nitrogens is 1. The summed E-state index contributed by atoms with van der Waals surface area (Å²) in [4.78, 5) is 18.0. The number of hydrogen-bond acceptors (Lipinski definition) is 4. The van der Waals surface area contributed by atoms with Gasteiger partial charge in [0, 0.05) is 13.0 Å². The fraction of sp³-hybridized carbons (Fsp3) is 0.769. The van der Waals surface area contributed by atoms with Crippen molar-refractivity contribution in [3.8, 4) is 0 Å². The van der Waals surface area contributed by atoms with Crippen LogP contribution >= 0.6 is 0 Å². The molecule has 0 radical (unpaired) electrons. The van der Waals surface area contributed by atoms with Crippen LogP contribution in [0, 0.1) is 5.41 Å². The van der Waals surface area contributed by atoms with Crippen LogP contribution in [0.4, 0.5) is 0 Å². The van der Waals surface area contributed by atoms with Gasteiger partial charge in [-0.05, 0) is 25.8 Å². The number of aromatic amines is 1. The molecular weight excluding hydrogens is 244 g/mol. The Morgan fingerprint density at radius 3 is 2.89 bits per heavy atom. The van der Waals surface area contributed by atoms with Gasteiger partial charge in [0.05, 0.1) is 12.0 Å². The molecule has 6 heteroatoms. The van der Waals surface area contributed by atoms with Crippen molar-refractivity contribution in [1.29, 1.82) is 0 Å². The zero-order chi connectivity index (χ0) is 13.9. The summed E-state index contributed by atoms with van der Waals surface area (Å²) in [5.74, 6) is 0.965. The van der Waals surface area contributed by atoms with Gasteiger partial charge in [-0.3, -0.25) is 14.8 Å². The Bertz CT molecular complexity index is 446. The van der Waals surface area contributed by atoms with Crippen molar-refractivity contribution >= 4 is 5.97 Å². The van der Waals surface area contributed by atoms with Gasteiger partial charge in [0.25, 0.3) is 0 Å². The van der Waals surface area contributed by atoms with Crippen LogP contribution in [0.25, 0.3) is 0 Å². The standard InChI is InChI=1S/C13H22N4O2/c1-3-10-14-11(16-15-10)8-17-7-5-6-13(4-2,9-17)12(18)19/h3-9H2,1-2H3,(H,18,19)(H,14,15,16). The number of piperidine rings is 1. The average molecular weight is 266 g/mol. The first-order chi connectivity index (χ1) is 9.09. The first-order valence-corrected chi connectivity index (χ1v) is 6.95. The van der Waals surface area contributed by atoms with Crippen LogP contribution < -0.4 is 0 Å². The predicted octanol–water partition coefficient (Wildman–Crippen LogP) is 1.44. The van der Waals surface area contributed by atoms with E-state index in [0.717, 1.165) is 37.5 Å². The zero-order valence-corrected chi connectivity index (χ0v) is 11.6. The van der Waals surface area contributed by atoms with Crippen molar-refractivity contribution < 1.29 is 9.90 Å². The Balaban J connectivity index is 2.03. The molecule has 19 heavy (non-hydrogen) atoms. The van der Waals surface area contributed by atoms with Gasteiger partial charge in [0.1, 0.15) is 11.6 Å². The van der Waals surface area contributed by atoms with Gasteiger partial charge < -0.3 is 5.11 Å². The summed E-state index contributed by atoms with van der Waals surface area (Å²) in [6.45, 7) is 6.15. The van der Waals surface area contributed by atoms with Gasteiger partial charge in [0.15, 0.2) is 0 Å². The monoisotopic (exact) mass is 266 g/mol. The highest BCUT2D eigenvalue weighted by atomic mass is 16.4. The molecule has 0 amide bonds. The second-order valence-corrected chi connectivity index (χ2v) is 5.31. The molecule has 0 aliphatic carbocycles. The van der Waals surface area contributed by atoms with E-state index >= 15 is 0 Å². The highest BCUT2D eigenvalue weighted by Gasteiger charge is 2.40. The van der Waals surface area contributed by atoms with Crippen LogP contribution in [0.15, 0.2) is 0 Å². The molecule has 1 atom stereocenters. The van der Waals surface area contributed by atoms with Gasteiger partial charge in [-0.25, -0.2) is 4.98 Å². The Kier molecular flexibility index (Phi) is 4.19. The van der Waals surface area contributed by atoms with Gasteiger partial charge in [-0.2, -0.15) is 5.10 Å². The van der Waals surface area contributed by atoms with Crippen LogP contribution in [-0.2, 0) is 17.8 Å². The predicted molar refractivity (Wildman–Crippen MR) is 70.6 cm³/mol. The van der Waals surface area contributed by atoms with E-state index in [0.29, 0.717) is 19.5 Å². The summed E-state index contributed by atoms with van der Waals surface area (Å²) >= 11 is 0. The third-order valence-corrected chi connectivity index (χ3v) is 4.05. The minimum absolute atomic E-state index is 0.591. The van der Waals surface area contributed by atoms with E-state index in [1.54, 1.807) is 0 Å². The van der Waals surface area contributed by atoms with Crippen molar-refractivity contribution in [1.82, 2.24) is 20.1 Å². The Hall–Kier alpha value is -1.43. The summed E-state index contributed by atoms with van der Waals surface area (Å²) in [7, 11) is 0. The first kappa shape index (κ1) is 14.0. The molecule has 1 aromatic heterocycles. The normalized spacial score (nSPS) is 24.5. The molecule has 1 aromatic rings. The maximum absolute atomic E-state index is 11.5. The maximum atomic E-state index is 11.5. The number of hydrogen-bond donors (Lipinski definition) is 2. The second-order valence-electron chi connectivity index (χ2n) is 5.31. The molecular formula is C13H22N4O2. The average Bonchev–Trinajstić information content (AvgIpc) is 2.86. The minimum atomic E-state index is -0.675. The van der Waals surface area contributed by atoms with Crippen LogP contribution in [0.3, 0.4) is 0 Å². The topological polar surface area (TPSA) is 82.1 Å². The number of aryl methyl sites for hydroxylation is 1. The number of aromatic nitrogens is 3. The fourth-order valence-corrected chi connectivity index (χ4v) is 2.75. The highest BCUT2D eigenvalue weighted by molar-refractivity contribution is 5.75. The lowest BCUT2D eigenvalue weighted by atomic mass is 9.77. The van der Waals surface area contributed by atoms with E-state index in [4.69, 9.17) is 0 Å². The summed E-state index contributed by atoms with van der Waals surface area (Å²) in [6.07, 6.45) is 3.18. The van der Waals surface area contributed by atoms with Crippen LogP contribution in [0.1, 0.15) is 44.8 Å². The van der Waals surface area contributed by atoms with Gasteiger partial charge in [-0.15, -0.1) is 0 Å². The molecule has 1 aliphatic heterocycles. The minimum Gasteiger partial charge on any atom is -0.481 e. The number of likely N-dealkylation sites (tertiary alicyclic amines) is 1. The van der Waals surface area contributed by atoms with Crippen molar-refractivity contribution in [3.63, 3.8) is 0 Å². The molecule has 0 bridgehead atoms. The Labute approximate surface area is 113 Å². The highest BCUT2D eigenvalue weighted by Crippen LogP contribution is 2.34. The van der Waals surface area contributed by atoms with E-state index in [9.17, 15) is 9.90 Å². The van der Waals surface area contributed by atoms with Crippen molar-refractivity contribution in [2.45, 2.75) is 46.1 Å². The van der Waals surface area contributed by atoms with Gasteiger partial charge in [-0.1, -0.05) is 13.8 Å². The Morgan fingerprint density at radius 1 is 1.53 bits per heavy atom. The quantitative estimate of drug-likeness (QED) is 0.842. The number of carboxylic acids is 1. The fourth-order valence-electron chi connectivity index (χ4n) is 2.75. The number of nitrogens with zero attached hydrogens (tertiary/aromatic N) is 3. The van der Waals surface area contributed by atoms with Crippen molar-refractivity contribution in [3.05, 3.63) is 11.6 Å². The maximum Gasteiger partial charge on any atom is 0.310 e. The molecule has 1 saturated heterocycles. The van der Waals surface area contributed by atoms with Gasteiger partial charge in [0.2, 0.25) is 0 Å². The molecule has 1 fully saturated rings. The second kappa shape index (κ2) is 5.69. The van der Waals surface area contributed by atoms with Crippen molar-refractivity contribution in [2.75, 3.05) is 13.1 Å². The summed E-state index contributed by atoms with van der Waals surface area (Å²) in [6, 6.07) is 0. The Morgan fingerprint density at radius 2 is 2.32 bits per heavy atom. The SMILES string of the molecule is CCc1n[nH]c(CN2CCCC(CC)(C(=O)O)C2)n1. The lowest BCUT2D eigenvalue weighted by Gasteiger charge is -2.39. The van der Waals surface area contributed by atoms with Crippen molar-refractivity contribution in [2.24, 2.45) is 5.41 Å². The summed E-state index contributed by atoms with van der Waals surface area (Å²) in [5.41, 5.74) is -0.591. The number of carbonyl (C=O) groups is 1. The zero-order valence-electron chi connectivity index (χ0n) is 11.6. The lowest BCUT2D eigenvalue weighted by Crippen LogP contribution is -2.47. The van der Waals surface area contributed by atoms with Crippen LogP contribution in [-0.4, -0.2) is 44.2 Å². The third-order valence-electron chi connectivity index (χ3n) is 4.05. The number of rotatable bonds is 5. The molecule has 1 aliphatic rings. The number of aliphatic carboxylic acids is 1. The van der Waals surface area contributed by atoms with E-state index in [1.165, 1.54) is 0 Å². The van der Waals surface area contributed by atoms with E-state index in [1.807, 2.05) is 13.8 Å². The molecule has 2 rings (SSSR count).